The van der Waals surface area contributed by atoms with E-state index in [1.54, 1.807) is 0 Å². The fourth-order valence-electron chi connectivity index (χ4n) is 2.87. The highest BCUT2D eigenvalue weighted by molar-refractivity contribution is 7.99. The number of benzene rings is 1. The number of hydrogen-bond acceptors (Lipinski definition) is 6. The summed E-state index contributed by atoms with van der Waals surface area (Å²) in [5.41, 5.74) is 7.76. The van der Waals surface area contributed by atoms with E-state index in [1.165, 1.54) is 11.8 Å². The Bertz CT molecular complexity index is 954. The highest BCUT2D eigenvalue weighted by Crippen LogP contribution is 2.33. The van der Waals surface area contributed by atoms with Gasteiger partial charge in [0.15, 0.2) is 22.1 Å². The molecule has 6 nitrogen and oxygen atoms in total. The minimum absolute atomic E-state index is 0.0447. The number of nitrogens with one attached hydrogen (secondary N) is 1. The maximum Gasteiger partial charge on any atom is 0.312 e. The first kappa shape index (κ1) is 20.8. The molecule has 2 aromatic heterocycles. The molecule has 3 aromatic rings. The molecule has 2 heterocycles. The van der Waals surface area contributed by atoms with Crippen LogP contribution in [0.5, 0.6) is 0 Å². The van der Waals surface area contributed by atoms with Gasteiger partial charge in [0, 0.05) is 16.5 Å². The second-order valence-electron chi connectivity index (χ2n) is 7.11. The van der Waals surface area contributed by atoms with Crippen LogP contribution >= 0.6 is 23.4 Å². The second kappa shape index (κ2) is 9.07. The van der Waals surface area contributed by atoms with Gasteiger partial charge in [0.2, 0.25) is 0 Å². The van der Waals surface area contributed by atoms with Crippen molar-refractivity contribution in [1.82, 2.24) is 24.8 Å². The van der Waals surface area contributed by atoms with Gasteiger partial charge in [0.25, 0.3) is 0 Å². The first-order valence-corrected chi connectivity index (χ1v) is 10.4. The van der Waals surface area contributed by atoms with Crippen LogP contribution in [0, 0.1) is 18.9 Å². The van der Waals surface area contributed by atoms with Gasteiger partial charge >= 0.3 is 6.08 Å². The lowest BCUT2D eigenvalue weighted by Gasteiger charge is -2.10. The zero-order valence-corrected chi connectivity index (χ0v) is 17.7. The van der Waals surface area contributed by atoms with Crippen LogP contribution in [0.2, 0.25) is 5.02 Å². The third kappa shape index (κ3) is 5.12. The summed E-state index contributed by atoms with van der Waals surface area (Å²) >= 11 is 7.64. The number of imidazole rings is 1. The topological polar surface area (TPSA) is 81.7 Å². The van der Waals surface area contributed by atoms with Crippen LogP contribution in [0.25, 0.3) is 11.2 Å². The lowest BCUT2D eigenvalue weighted by Crippen LogP contribution is -2.21. The van der Waals surface area contributed by atoms with Crippen molar-refractivity contribution in [3.05, 3.63) is 34.9 Å². The van der Waals surface area contributed by atoms with E-state index >= 15 is 0 Å². The molecular weight excluding hydrogens is 399 g/mol. The van der Waals surface area contributed by atoms with E-state index < -0.39 is 6.08 Å². The first-order valence-electron chi connectivity index (χ1n) is 9.18. The second-order valence-corrected chi connectivity index (χ2v) is 8.59. The van der Waals surface area contributed by atoms with Gasteiger partial charge in [-0.15, -0.1) is 0 Å². The Balaban J connectivity index is 1.90. The summed E-state index contributed by atoms with van der Waals surface area (Å²) < 4.78 is 15.7. The van der Waals surface area contributed by atoms with Crippen molar-refractivity contribution in [3.8, 4) is 0 Å². The molecule has 3 rings (SSSR count). The minimum atomic E-state index is -0.848. The predicted octanol–water partition coefficient (Wildman–Crippen LogP) is 4.30. The number of anilines is 1. The van der Waals surface area contributed by atoms with E-state index in [4.69, 9.17) is 17.3 Å². The Morgan fingerprint density at radius 3 is 2.75 bits per heavy atom. The van der Waals surface area contributed by atoms with Gasteiger partial charge in [-0.2, -0.15) is 14.4 Å². The molecule has 0 amide bonds. The summed E-state index contributed by atoms with van der Waals surface area (Å²) in [7, 11) is 0. The average molecular weight is 423 g/mol. The largest absolute Gasteiger partial charge is 0.382 e. The van der Waals surface area contributed by atoms with Crippen LogP contribution in [0.1, 0.15) is 25.8 Å². The molecule has 0 saturated heterocycles. The summed E-state index contributed by atoms with van der Waals surface area (Å²) in [5, 5.41) is 4.76. The molecule has 0 spiro atoms. The van der Waals surface area contributed by atoms with Gasteiger partial charge in [-0.3, -0.25) is 0 Å². The van der Waals surface area contributed by atoms with E-state index in [0.29, 0.717) is 33.8 Å². The van der Waals surface area contributed by atoms with E-state index in [0.717, 1.165) is 30.0 Å². The Labute approximate surface area is 173 Å². The standard InChI is InChI=1S/C19H24ClFN6S/c1-11(2)10-23-5-4-6-27-17-15(16(22)25-18(21)26-17)24-19(27)28-14-8-12(3)7-13(20)9-14/h7-9,11,23H,4-6,10H2,1-3H3,(H2,22,25,26). The fraction of sp³-hybridized carbons (Fsp3) is 0.421. The summed E-state index contributed by atoms with van der Waals surface area (Å²) in [6.07, 6.45) is 0.00508. The molecular formula is C19H24ClFN6S. The summed E-state index contributed by atoms with van der Waals surface area (Å²) in [6.45, 7) is 8.76. The molecule has 0 aliphatic heterocycles. The molecule has 0 fully saturated rings. The zero-order valence-electron chi connectivity index (χ0n) is 16.2. The maximum atomic E-state index is 13.8. The smallest absolute Gasteiger partial charge is 0.312 e. The van der Waals surface area contributed by atoms with Gasteiger partial charge < -0.3 is 15.6 Å². The molecule has 0 aliphatic rings. The third-order valence-corrected chi connectivity index (χ3v) is 5.26. The van der Waals surface area contributed by atoms with Gasteiger partial charge in [0.1, 0.15) is 0 Å². The Kier molecular flexibility index (Phi) is 6.74. The normalized spacial score (nSPS) is 11.6. The fourth-order valence-corrected chi connectivity index (χ4v) is 4.29. The lowest BCUT2D eigenvalue weighted by molar-refractivity contribution is 0.510. The van der Waals surface area contributed by atoms with Crippen molar-refractivity contribution in [2.45, 2.75) is 43.8 Å². The van der Waals surface area contributed by atoms with Crippen molar-refractivity contribution in [3.63, 3.8) is 0 Å². The molecule has 0 atom stereocenters. The van der Waals surface area contributed by atoms with Crippen LogP contribution in [-0.2, 0) is 6.54 Å². The number of aryl methyl sites for hydroxylation is 2. The number of aromatic nitrogens is 4. The van der Waals surface area contributed by atoms with Gasteiger partial charge in [-0.25, -0.2) is 4.98 Å². The maximum absolute atomic E-state index is 13.8. The van der Waals surface area contributed by atoms with Crippen molar-refractivity contribution >= 4 is 40.3 Å². The number of rotatable bonds is 8. The summed E-state index contributed by atoms with van der Waals surface area (Å²) in [4.78, 5) is 13.1. The molecule has 3 N–H and O–H groups in total. The molecule has 9 heteroatoms. The quantitative estimate of drug-likeness (QED) is 0.416. The molecule has 150 valence electrons. The van der Waals surface area contributed by atoms with E-state index in [-0.39, 0.29) is 5.82 Å². The van der Waals surface area contributed by atoms with Gasteiger partial charge in [-0.05, 0) is 56.1 Å². The van der Waals surface area contributed by atoms with Crippen LogP contribution in [0.3, 0.4) is 0 Å². The van der Waals surface area contributed by atoms with Crippen LogP contribution in [-0.4, -0.2) is 32.6 Å². The molecule has 28 heavy (non-hydrogen) atoms. The van der Waals surface area contributed by atoms with Crippen molar-refractivity contribution < 1.29 is 4.39 Å². The van der Waals surface area contributed by atoms with Gasteiger partial charge in [-0.1, -0.05) is 37.2 Å². The van der Waals surface area contributed by atoms with Crippen molar-refractivity contribution in [2.24, 2.45) is 5.92 Å². The molecule has 0 bridgehead atoms. The Morgan fingerprint density at radius 2 is 2.04 bits per heavy atom. The van der Waals surface area contributed by atoms with Gasteiger partial charge in [0.05, 0.1) is 0 Å². The van der Waals surface area contributed by atoms with E-state index in [1.807, 2.05) is 29.7 Å². The summed E-state index contributed by atoms with van der Waals surface area (Å²) in [5.74, 6) is 0.635. The van der Waals surface area contributed by atoms with E-state index in [2.05, 4.69) is 34.1 Å². The number of halogens is 2. The molecule has 0 radical (unpaired) electrons. The number of hydrogen-bond donors (Lipinski definition) is 2. The number of nitrogens with two attached hydrogens (primary N) is 1. The Morgan fingerprint density at radius 1 is 1.25 bits per heavy atom. The number of nitrogens with zero attached hydrogens (tertiary/aromatic N) is 4. The minimum Gasteiger partial charge on any atom is -0.382 e. The highest BCUT2D eigenvalue weighted by atomic mass is 35.5. The number of nitrogen functional groups attached to an aromatic ring is 1. The first-order chi connectivity index (χ1) is 13.3. The molecule has 1 aromatic carbocycles. The zero-order chi connectivity index (χ0) is 20.3. The highest BCUT2D eigenvalue weighted by Gasteiger charge is 2.18. The molecule has 0 saturated carbocycles. The molecule has 0 unspecified atom stereocenters. The predicted molar refractivity (Wildman–Crippen MR) is 112 cm³/mol. The van der Waals surface area contributed by atoms with E-state index in [9.17, 15) is 4.39 Å². The molecule has 0 aliphatic carbocycles. The number of fused-ring (bicyclic) bond motifs is 1. The Hall–Kier alpha value is -1.90. The van der Waals surface area contributed by atoms with Crippen molar-refractivity contribution in [2.75, 3.05) is 18.8 Å². The van der Waals surface area contributed by atoms with Crippen LogP contribution < -0.4 is 11.1 Å². The third-order valence-electron chi connectivity index (χ3n) is 4.07. The van der Waals surface area contributed by atoms with Crippen molar-refractivity contribution in [1.29, 1.82) is 0 Å². The lowest BCUT2D eigenvalue weighted by atomic mass is 10.2. The van der Waals surface area contributed by atoms with Crippen LogP contribution in [0.15, 0.2) is 28.3 Å². The SMILES string of the molecule is Cc1cc(Cl)cc(Sc2nc3c(N)nc(F)nc3n2CCCNCC(C)C)c1. The average Bonchev–Trinajstić information content (AvgIpc) is 2.91. The monoisotopic (exact) mass is 422 g/mol. The van der Waals surface area contributed by atoms with Crippen LogP contribution in [0.4, 0.5) is 10.2 Å². The summed E-state index contributed by atoms with van der Waals surface area (Å²) in [6, 6.07) is 5.80.